The zero-order chi connectivity index (χ0) is 15.6. The van der Waals surface area contributed by atoms with Crippen LogP contribution in [0.3, 0.4) is 0 Å². The quantitative estimate of drug-likeness (QED) is 0.816. The minimum absolute atomic E-state index is 0.245. The number of rotatable bonds is 5. The van der Waals surface area contributed by atoms with E-state index in [1.807, 2.05) is 25.1 Å². The second kappa shape index (κ2) is 6.44. The van der Waals surface area contributed by atoms with Crippen LogP contribution in [-0.4, -0.2) is 56.3 Å². The van der Waals surface area contributed by atoms with Crippen molar-refractivity contribution in [1.82, 2.24) is 9.21 Å². The Balaban J connectivity index is 1.56. The van der Waals surface area contributed by atoms with Crippen molar-refractivity contribution in [3.63, 3.8) is 0 Å². The standard InChI is InChI=1S/C15H22N2O4S/c1-2-9-22(18,19)17-7-5-16(6-8-17)11-13-3-4-14-15(10-13)21-12-20-14/h3-4,10H,2,5-9,11-12H2,1H3. The highest BCUT2D eigenvalue weighted by molar-refractivity contribution is 7.89. The second-order valence-corrected chi connectivity index (χ2v) is 7.77. The summed E-state index contributed by atoms with van der Waals surface area (Å²) in [5.74, 6) is 1.83. The highest BCUT2D eigenvalue weighted by Crippen LogP contribution is 2.32. The normalized spacial score (nSPS) is 19.5. The Morgan fingerprint density at radius 1 is 1.09 bits per heavy atom. The van der Waals surface area contributed by atoms with Crippen molar-refractivity contribution < 1.29 is 17.9 Å². The Morgan fingerprint density at radius 2 is 1.82 bits per heavy atom. The molecule has 2 aliphatic heterocycles. The Bertz CT molecular complexity index is 624. The first-order chi connectivity index (χ1) is 10.6. The number of piperazine rings is 1. The minimum atomic E-state index is -3.07. The predicted molar refractivity (Wildman–Crippen MR) is 83.5 cm³/mol. The van der Waals surface area contributed by atoms with E-state index in [9.17, 15) is 8.42 Å². The molecule has 0 aliphatic carbocycles. The monoisotopic (exact) mass is 326 g/mol. The van der Waals surface area contributed by atoms with Crippen LogP contribution in [0.5, 0.6) is 11.5 Å². The molecule has 0 radical (unpaired) electrons. The third-order valence-corrected chi connectivity index (χ3v) is 6.11. The summed E-state index contributed by atoms with van der Waals surface area (Å²) in [5, 5.41) is 0. The zero-order valence-corrected chi connectivity index (χ0v) is 13.6. The third-order valence-electron chi connectivity index (χ3n) is 4.03. The topological polar surface area (TPSA) is 59.1 Å². The van der Waals surface area contributed by atoms with Gasteiger partial charge in [-0.05, 0) is 24.1 Å². The Labute approximate surface area is 131 Å². The van der Waals surface area contributed by atoms with E-state index in [0.717, 1.165) is 36.7 Å². The Morgan fingerprint density at radius 3 is 2.55 bits per heavy atom. The number of fused-ring (bicyclic) bond motifs is 1. The molecule has 0 bridgehead atoms. The van der Waals surface area contributed by atoms with Crippen molar-refractivity contribution >= 4 is 10.0 Å². The molecule has 122 valence electrons. The molecule has 2 aliphatic rings. The van der Waals surface area contributed by atoms with Gasteiger partial charge in [0.25, 0.3) is 0 Å². The molecule has 7 heteroatoms. The van der Waals surface area contributed by atoms with E-state index < -0.39 is 10.0 Å². The van der Waals surface area contributed by atoms with Crippen molar-refractivity contribution in [1.29, 1.82) is 0 Å². The molecule has 0 amide bonds. The Hall–Kier alpha value is -1.31. The number of sulfonamides is 1. The molecule has 6 nitrogen and oxygen atoms in total. The average molecular weight is 326 g/mol. The molecule has 0 N–H and O–H groups in total. The number of hydrogen-bond acceptors (Lipinski definition) is 5. The summed E-state index contributed by atoms with van der Waals surface area (Å²) in [6, 6.07) is 5.97. The summed E-state index contributed by atoms with van der Waals surface area (Å²) in [5.41, 5.74) is 1.16. The summed E-state index contributed by atoms with van der Waals surface area (Å²) in [6.07, 6.45) is 0.666. The molecule has 0 unspecified atom stereocenters. The smallest absolute Gasteiger partial charge is 0.231 e. The van der Waals surface area contributed by atoms with Crippen molar-refractivity contribution in [2.45, 2.75) is 19.9 Å². The molecule has 0 atom stereocenters. The van der Waals surface area contributed by atoms with Crippen LogP contribution in [-0.2, 0) is 16.6 Å². The van der Waals surface area contributed by atoms with E-state index in [4.69, 9.17) is 9.47 Å². The first kappa shape index (κ1) is 15.6. The van der Waals surface area contributed by atoms with Gasteiger partial charge < -0.3 is 9.47 Å². The molecule has 22 heavy (non-hydrogen) atoms. The fraction of sp³-hybridized carbons (Fsp3) is 0.600. The molecule has 3 rings (SSSR count). The molecule has 1 aromatic carbocycles. The van der Waals surface area contributed by atoms with Gasteiger partial charge in [0.1, 0.15) is 0 Å². The number of nitrogens with zero attached hydrogens (tertiary/aromatic N) is 2. The largest absolute Gasteiger partial charge is 0.454 e. The zero-order valence-electron chi connectivity index (χ0n) is 12.8. The molecule has 1 saturated heterocycles. The van der Waals surface area contributed by atoms with Crippen molar-refractivity contribution in [3.05, 3.63) is 23.8 Å². The van der Waals surface area contributed by atoms with Gasteiger partial charge in [0.2, 0.25) is 16.8 Å². The summed E-state index contributed by atoms with van der Waals surface area (Å²) >= 11 is 0. The average Bonchev–Trinajstić information content (AvgIpc) is 2.95. The first-order valence-corrected chi connectivity index (χ1v) is 9.28. The lowest BCUT2D eigenvalue weighted by Crippen LogP contribution is -2.48. The van der Waals surface area contributed by atoms with E-state index >= 15 is 0 Å². The number of hydrogen-bond donors (Lipinski definition) is 0. The van der Waals surface area contributed by atoms with Gasteiger partial charge in [-0.25, -0.2) is 8.42 Å². The van der Waals surface area contributed by atoms with Crippen LogP contribution in [0.1, 0.15) is 18.9 Å². The van der Waals surface area contributed by atoms with Crippen molar-refractivity contribution in [3.8, 4) is 11.5 Å². The van der Waals surface area contributed by atoms with Gasteiger partial charge in [0, 0.05) is 32.7 Å². The van der Waals surface area contributed by atoms with Gasteiger partial charge in [-0.2, -0.15) is 4.31 Å². The lowest BCUT2D eigenvalue weighted by atomic mass is 10.2. The first-order valence-electron chi connectivity index (χ1n) is 7.67. The summed E-state index contributed by atoms with van der Waals surface area (Å²) in [6.45, 7) is 5.66. The van der Waals surface area contributed by atoms with Gasteiger partial charge >= 0.3 is 0 Å². The highest BCUT2D eigenvalue weighted by atomic mass is 32.2. The van der Waals surface area contributed by atoms with Crippen LogP contribution >= 0.6 is 0 Å². The SMILES string of the molecule is CCCS(=O)(=O)N1CCN(Cc2ccc3c(c2)OCO3)CC1. The molecule has 1 fully saturated rings. The van der Waals surface area contributed by atoms with Gasteiger partial charge in [0.05, 0.1) is 5.75 Å². The molecule has 2 heterocycles. The van der Waals surface area contributed by atoms with Crippen LogP contribution in [0.15, 0.2) is 18.2 Å². The van der Waals surface area contributed by atoms with E-state index in [2.05, 4.69) is 4.90 Å². The van der Waals surface area contributed by atoms with Crippen LogP contribution < -0.4 is 9.47 Å². The maximum absolute atomic E-state index is 12.1. The summed E-state index contributed by atoms with van der Waals surface area (Å²) < 4.78 is 36.4. The fourth-order valence-corrected chi connectivity index (χ4v) is 4.34. The Kier molecular flexibility index (Phi) is 4.56. The predicted octanol–water partition coefficient (Wildman–Crippen LogP) is 1.27. The third kappa shape index (κ3) is 3.37. The van der Waals surface area contributed by atoms with Crippen LogP contribution in [0.4, 0.5) is 0 Å². The van der Waals surface area contributed by atoms with Crippen LogP contribution in [0.2, 0.25) is 0 Å². The number of ether oxygens (including phenoxy) is 2. The van der Waals surface area contributed by atoms with E-state index in [-0.39, 0.29) is 12.5 Å². The molecular weight excluding hydrogens is 304 g/mol. The van der Waals surface area contributed by atoms with Gasteiger partial charge in [-0.3, -0.25) is 4.90 Å². The van der Waals surface area contributed by atoms with Gasteiger partial charge in [-0.1, -0.05) is 13.0 Å². The molecule has 0 aromatic heterocycles. The van der Waals surface area contributed by atoms with E-state index in [0.29, 0.717) is 19.5 Å². The van der Waals surface area contributed by atoms with Gasteiger partial charge in [-0.15, -0.1) is 0 Å². The maximum atomic E-state index is 12.1. The number of benzene rings is 1. The molecule has 1 aromatic rings. The van der Waals surface area contributed by atoms with E-state index in [1.165, 1.54) is 0 Å². The second-order valence-electron chi connectivity index (χ2n) is 5.68. The van der Waals surface area contributed by atoms with Crippen LogP contribution in [0.25, 0.3) is 0 Å². The molecule has 0 saturated carbocycles. The van der Waals surface area contributed by atoms with Gasteiger partial charge in [0.15, 0.2) is 11.5 Å². The van der Waals surface area contributed by atoms with E-state index in [1.54, 1.807) is 4.31 Å². The summed E-state index contributed by atoms with van der Waals surface area (Å²) in [4.78, 5) is 2.27. The highest BCUT2D eigenvalue weighted by Gasteiger charge is 2.26. The van der Waals surface area contributed by atoms with Crippen LogP contribution in [0, 0.1) is 0 Å². The molecular formula is C15H22N2O4S. The lowest BCUT2D eigenvalue weighted by Gasteiger charge is -2.34. The maximum Gasteiger partial charge on any atom is 0.231 e. The molecule has 0 spiro atoms. The van der Waals surface area contributed by atoms with Crippen molar-refractivity contribution in [2.75, 3.05) is 38.7 Å². The minimum Gasteiger partial charge on any atom is -0.454 e. The fourth-order valence-electron chi connectivity index (χ4n) is 2.85. The lowest BCUT2D eigenvalue weighted by molar-refractivity contribution is 0.173. The van der Waals surface area contributed by atoms with Crippen molar-refractivity contribution in [2.24, 2.45) is 0 Å². The summed E-state index contributed by atoms with van der Waals surface area (Å²) in [7, 11) is -3.07.